The molecule has 6 heterocycles. The highest BCUT2D eigenvalue weighted by atomic mass is 28.6. The standard InChI is InChI=1S/C66H89O20Si16/c1-87(71-90(3,4)5)73-92(9,10)76-94(13)78-99(61-47-31-19-32-48-61)68-65-67-96(56-58-41-25-16-26-42-58)66-69-89(55-57-39-23-15-24-40-57)75-101(63-51-35-21-36-52-63,84-97(65,83-99)59-43-27-17-28-44-59)80-95(14,77-93(11,12)74-88(2)72-91(6,7)8)79-100(70-66,62-49-33-20-34-50-62)85-98(66,60-45-29-18-30-46-60)86-102(81-94,82-96)64-53-37-22-38-54-64/h15-54,65,87-88H,55-56H2,1-14H3. The fraction of sp³-hybridized carbons (Fsp3) is 0.273. The Morgan fingerprint density at radius 1 is 0.382 bits per heavy atom. The fourth-order valence-electron chi connectivity index (χ4n) is 14.2. The summed E-state index contributed by atoms with van der Waals surface area (Å²) in [5.41, 5.74) is 1.67. The van der Waals surface area contributed by atoms with E-state index < -0.39 is 151 Å². The van der Waals surface area contributed by atoms with Gasteiger partial charge in [-0.25, -0.2) is 0 Å². The summed E-state index contributed by atoms with van der Waals surface area (Å²) in [5.74, 6) is -1.60. The summed E-state index contributed by atoms with van der Waals surface area (Å²) in [6, 6.07) is 79.1. The average Bonchev–Trinajstić information content (AvgIpc) is 1.43. The second kappa shape index (κ2) is 28.5. The zero-order chi connectivity index (χ0) is 71.8. The number of hydrogen-bond acceptors (Lipinski definition) is 20. The number of fused-ring (bicyclic) bond motifs is 6. The zero-order valence-corrected chi connectivity index (χ0v) is 76.2. The van der Waals surface area contributed by atoms with Crippen LogP contribution in [0.4, 0.5) is 0 Å². The van der Waals surface area contributed by atoms with Gasteiger partial charge in [0.2, 0.25) is 5.03 Å². The highest BCUT2D eigenvalue weighted by Gasteiger charge is 2.94. The van der Waals surface area contributed by atoms with Gasteiger partial charge in [-0.05, 0) is 100 Å². The summed E-state index contributed by atoms with van der Waals surface area (Å²) < 4.78 is 164. The molecule has 1 spiro atoms. The summed E-state index contributed by atoms with van der Waals surface area (Å²) in [6.07, 6.45) is 0. The molecule has 102 heavy (non-hydrogen) atoms. The molecule has 14 rings (SSSR count). The molecule has 537 valence electrons. The van der Waals surface area contributed by atoms with Gasteiger partial charge in [0.15, 0.2) is 22.5 Å². The first-order valence-corrected chi connectivity index (χ1v) is 69.7. The maximum atomic E-state index is 8.84. The lowest BCUT2D eigenvalue weighted by molar-refractivity contribution is -0.0956. The molecule has 6 fully saturated rings. The van der Waals surface area contributed by atoms with Crippen LogP contribution in [0.25, 0.3) is 0 Å². The molecule has 0 N–H and O–H groups in total. The van der Waals surface area contributed by atoms with E-state index in [2.05, 4.69) is 63.5 Å². The van der Waals surface area contributed by atoms with Gasteiger partial charge in [0.05, 0.1) is 0 Å². The maximum Gasteiger partial charge on any atom is 0.523 e. The number of rotatable bonds is 22. The van der Waals surface area contributed by atoms with Gasteiger partial charge < -0.3 is 83.5 Å². The summed E-state index contributed by atoms with van der Waals surface area (Å²) in [7, 11) is -64.7. The molecule has 8 aromatic rings. The van der Waals surface area contributed by atoms with Crippen LogP contribution in [-0.4, -0.2) is 151 Å². The molecule has 0 amide bonds. The molecule has 1 radical (unpaired) electrons. The van der Waals surface area contributed by atoms with Crippen LogP contribution in [0.2, 0.25) is 91.7 Å². The molecule has 20 nitrogen and oxygen atoms in total. The van der Waals surface area contributed by atoms with E-state index in [4.69, 9.17) is 83.5 Å². The summed E-state index contributed by atoms with van der Waals surface area (Å²) in [5, 5.41) is 0.984. The molecule has 6 aliphatic heterocycles. The number of hydrogen-bond donors (Lipinski definition) is 0. The lowest BCUT2D eigenvalue weighted by Gasteiger charge is -2.60. The van der Waals surface area contributed by atoms with E-state index in [1.807, 2.05) is 271 Å². The van der Waals surface area contributed by atoms with E-state index in [0.717, 1.165) is 11.1 Å². The molecular weight excluding hydrogens is 1560 g/mol. The normalized spacial score (nSPS) is 32.5. The van der Waals surface area contributed by atoms with Crippen molar-refractivity contribution in [2.75, 3.05) is 0 Å². The Kier molecular flexibility index (Phi) is 21.0. The van der Waals surface area contributed by atoms with Crippen molar-refractivity contribution in [3.8, 4) is 0 Å². The highest BCUT2D eigenvalue weighted by Crippen LogP contribution is 2.58. The Hall–Kier alpha value is -3.57. The Bertz CT molecular complexity index is 4160. The van der Waals surface area contributed by atoms with Gasteiger partial charge >= 0.3 is 105 Å². The Labute approximate surface area is 618 Å². The molecule has 7 bridgehead atoms. The molecule has 13 atom stereocenters. The van der Waals surface area contributed by atoms with Crippen LogP contribution in [0.5, 0.6) is 0 Å². The van der Waals surface area contributed by atoms with Crippen molar-refractivity contribution < 1.29 is 83.5 Å². The summed E-state index contributed by atoms with van der Waals surface area (Å²) >= 11 is 0. The maximum absolute atomic E-state index is 8.84. The van der Waals surface area contributed by atoms with Crippen LogP contribution in [0, 0.1) is 0 Å². The van der Waals surface area contributed by atoms with E-state index in [1.54, 1.807) is 0 Å². The van der Waals surface area contributed by atoms with Crippen LogP contribution < -0.4 is 31.1 Å². The number of benzene rings is 8. The van der Waals surface area contributed by atoms with Crippen molar-refractivity contribution in [3.05, 3.63) is 254 Å². The van der Waals surface area contributed by atoms with E-state index in [0.29, 0.717) is 31.1 Å². The molecule has 36 heteroatoms. The average molecular weight is 1650 g/mol. The smallest absolute Gasteiger partial charge is 0.439 e. The van der Waals surface area contributed by atoms with Gasteiger partial charge in [-0.2, -0.15) is 0 Å². The summed E-state index contributed by atoms with van der Waals surface area (Å²) in [4.78, 5) is 0. The van der Waals surface area contributed by atoms with Crippen molar-refractivity contribution in [3.63, 3.8) is 0 Å². The third kappa shape index (κ3) is 15.1. The minimum atomic E-state index is -5.24. The second-order valence-electron chi connectivity index (χ2n) is 29.1. The highest BCUT2D eigenvalue weighted by molar-refractivity contribution is 7.14. The van der Waals surface area contributed by atoms with Gasteiger partial charge in [-0.3, -0.25) is 0 Å². The van der Waals surface area contributed by atoms with Gasteiger partial charge in [0.1, 0.15) is 0 Å². The van der Waals surface area contributed by atoms with Gasteiger partial charge in [0.25, 0.3) is 18.6 Å². The van der Waals surface area contributed by atoms with Crippen molar-refractivity contribution in [1.82, 2.24) is 0 Å². The third-order valence-corrected chi connectivity index (χ3v) is 80.2. The molecule has 0 saturated carbocycles. The molecule has 0 aromatic heterocycles. The van der Waals surface area contributed by atoms with E-state index >= 15 is 0 Å². The molecule has 8 aromatic carbocycles. The molecule has 6 saturated heterocycles. The molecule has 13 unspecified atom stereocenters. The van der Waals surface area contributed by atoms with Crippen LogP contribution in [0.15, 0.2) is 243 Å². The quantitative estimate of drug-likeness (QED) is 0.0588. The Morgan fingerprint density at radius 3 is 1.22 bits per heavy atom. The minimum Gasteiger partial charge on any atom is -0.439 e. The minimum absolute atomic E-state index is 0.0251. The lowest BCUT2D eigenvalue weighted by atomic mass is 10.2. The molecule has 6 aliphatic rings. The van der Waals surface area contributed by atoms with E-state index in [-0.39, 0.29) is 12.1 Å². The fourth-order valence-corrected chi connectivity index (χ4v) is 93.0. The van der Waals surface area contributed by atoms with Gasteiger partial charge in [-0.1, -0.05) is 243 Å². The van der Waals surface area contributed by atoms with Gasteiger partial charge in [0, 0.05) is 45.9 Å². The first-order chi connectivity index (χ1) is 48.4. The Balaban J connectivity index is 1.19. The predicted molar refractivity (Wildman–Crippen MR) is 422 cm³/mol. The first-order valence-electron chi connectivity index (χ1n) is 34.5. The van der Waals surface area contributed by atoms with E-state index in [1.165, 1.54) is 0 Å². The van der Waals surface area contributed by atoms with Crippen LogP contribution in [-0.2, 0) is 95.6 Å². The predicted octanol–water partition coefficient (Wildman–Crippen LogP) is 8.53. The van der Waals surface area contributed by atoms with Crippen molar-refractivity contribution in [1.29, 1.82) is 0 Å². The first kappa shape index (κ1) is 75.3. The van der Waals surface area contributed by atoms with E-state index in [9.17, 15) is 0 Å². The van der Waals surface area contributed by atoms with Crippen molar-refractivity contribution in [2.45, 2.75) is 115 Å². The largest absolute Gasteiger partial charge is 0.523 e. The second-order valence-corrected chi connectivity index (χ2v) is 79.1. The van der Waals surface area contributed by atoms with Crippen LogP contribution in [0.1, 0.15) is 11.1 Å². The van der Waals surface area contributed by atoms with Crippen LogP contribution in [0.3, 0.4) is 0 Å². The van der Waals surface area contributed by atoms with Crippen molar-refractivity contribution >= 4 is 171 Å². The zero-order valence-electron chi connectivity index (χ0n) is 59.9. The lowest BCUT2D eigenvalue weighted by Crippen LogP contribution is -2.93. The SMILES string of the molecule is C[SiH](O[Si](C)(C)C)O[Si](C)(C)O[Si]1(C)O[Si]2(c3ccccc3)O[Si](Cc3ccccc3)OC34O[Si](c5ccccc5)(O1)O[Si]3(c1ccccc1)O[Si]1(c3ccccc3)O[Si](C)(O[Si](C)(C)O[SiH](C)O[Si](C)(C)C)O[Si]3(c5ccccc5)OC(O[Si]4(Cc4ccccc4)O1)[Si](c1ccccc1)(O3)O2. The Morgan fingerprint density at radius 2 is 0.745 bits per heavy atom. The van der Waals surface area contributed by atoms with Crippen molar-refractivity contribution in [2.24, 2.45) is 0 Å². The summed E-state index contributed by atoms with van der Waals surface area (Å²) in [6.45, 7) is 28.8. The molecule has 0 aliphatic carbocycles. The van der Waals surface area contributed by atoms with Gasteiger partial charge in [-0.15, -0.1) is 0 Å². The van der Waals surface area contributed by atoms with Crippen LogP contribution >= 0.6 is 0 Å². The molecular formula is C66H89O20Si16. The third-order valence-electron chi connectivity index (χ3n) is 17.4. The monoisotopic (exact) mass is 1650 g/mol. The topological polar surface area (TPSA) is 185 Å².